The summed E-state index contributed by atoms with van der Waals surface area (Å²) in [4.78, 5) is 10.4. The molecule has 0 saturated carbocycles. The molecule has 0 spiro atoms. The van der Waals surface area contributed by atoms with Gasteiger partial charge in [0.15, 0.2) is 0 Å². The van der Waals surface area contributed by atoms with Crippen LogP contribution in [0.25, 0.3) is 0 Å². The van der Waals surface area contributed by atoms with Gasteiger partial charge in [-0.25, -0.2) is 0 Å². The van der Waals surface area contributed by atoms with E-state index in [2.05, 4.69) is 5.32 Å². The van der Waals surface area contributed by atoms with E-state index in [1.54, 1.807) is 0 Å². The highest BCUT2D eigenvalue weighted by Gasteiger charge is 2.06. The van der Waals surface area contributed by atoms with E-state index in [1.165, 1.54) is 32.1 Å². The lowest BCUT2D eigenvalue weighted by Gasteiger charge is -2.09. The number of rotatable bonds is 14. The first-order valence-electron chi connectivity index (χ1n) is 7.55. The summed E-state index contributed by atoms with van der Waals surface area (Å²) in [5.41, 5.74) is 11.1. The van der Waals surface area contributed by atoms with Crippen LogP contribution in [0.5, 0.6) is 0 Å². The second kappa shape index (κ2) is 13.8. The molecule has 5 nitrogen and oxygen atoms in total. The number of unbranched alkanes of at least 4 members (excludes halogenated alkanes) is 5. The number of nitrogens with two attached hydrogens (primary N) is 2. The molecular weight excluding hydrogens is 242 g/mol. The minimum Gasteiger partial charge on any atom is -0.481 e. The maximum atomic E-state index is 10.4. The molecule has 5 heteroatoms. The van der Waals surface area contributed by atoms with Gasteiger partial charge in [0.2, 0.25) is 0 Å². The van der Waals surface area contributed by atoms with E-state index in [0.29, 0.717) is 0 Å². The van der Waals surface area contributed by atoms with Crippen LogP contribution >= 0.6 is 0 Å². The van der Waals surface area contributed by atoms with Gasteiger partial charge in [0, 0.05) is 6.04 Å². The SMILES string of the molecule is NCCCCCCCCNCCCC(N)CC(=O)O. The Morgan fingerprint density at radius 2 is 1.58 bits per heavy atom. The highest BCUT2D eigenvalue weighted by Crippen LogP contribution is 2.04. The van der Waals surface area contributed by atoms with Crippen molar-refractivity contribution in [3.63, 3.8) is 0 Å². The Hall–Kier alpha value is -0.650. The summed E-state index contributed by atoms with van der Waals surface area (Å²) in [7, 11) is 0. The van der Waals surface area contributed by atoms with E-state index in [1.807, 2.05) is 0 Å². The van der Waals surface area contributed by atoms with Gasteiger partial charge < -0.3 is 21.9 Å². The number of carboxylic acids is 1. The van der Waals surface area contributed by atoms with Crippen LogP contribution in [0.3, 0.4) is 0 Å². The molecule has 0 aliphatic rings. The standard InChI is InChI=1S/C14H31N3O2/c15-9-5-3-1-2-4-6-10-17-11-7-8-13(16)12-14(18)19/h13,17H,1-12,15-16H2,(H,18,19). The normalized spacial score (nSPS) is 12.5. The van der Waals surface area contributed by atoms with Gasteiger partial charge >= 0.3 is 5.97 Å². The average Bonchev–Trinajstić information content (AvgIpc) is 2.35. The fourth-order valence-electron chi connectivity index (χ4n) is 2.04. The Balaban J connectivity index is 3.08. The minimum absolute atomic E-state index is 0.0722. The molecule has 1 unspecified atom stereocenters. The lowest BCUT2D eigenvalue weighted by atomic mass is 10.1. The fraction of sp³-hybridized carbons (Fsp3) is 0.929. The first-order chi connectivity index (χ1) is 9.16. The first kappa shape index (κ1) is 18.4. The first-order valence-corrected chi connectivity index (χ1v) is 7.55. The molecule has 114 valence electrons. The van der Waals surface area contributed by atoms with Gasteiger partial charge in [-0.2, -0.15) is 0 Å². The van der Waals surface area contributed by atoms with E-state index in [0.717, 1.165) is 38.9 Å². The van der Waals surface area contributed by atoms with Gasteiger partial charge in [-0.1, -0.05) is 25.7 Å². The van der Waals surface area contributed by atoms with Gasteiger partial charge in [0.05, 0.1) is 6.42 Å². The molecule has 0 aromatic carbocycles. The lowest BCUT2D eigenvalue weighted by Crippen LogP contribution is -2.25. The van der Waals surface area contributed by atoms with Crippen molar-refractivity contribution in [2.45, 2.75) is 63.8 Å². The average molecular weight is 273 g/mol. The van der Waals surface area contributed by atoms with E-state index in [4.69, 9.17) is 16.6 Å². The van der Waals surface area contributed by atoms with Gasteiger partial charge in [-0.15, -0.1) is 0 Å². The predicted octanol–water partition coefficient (Wildman–Crippen LogP) is 1.46. The molecule has 0 fully saturated rings. The molecule has 0 amide bonds. The molecule has 19 heavy (non-hydrogen) atoms. The molecule has 0 rings (SSSR count). The highest BCUT2D eigenvalue weighted by atomic mass is 16.4. The van der Waals surface area contributed by atoms with Crippen LogP contribution in [-0.4, -0.2) is 36.8 Å². The summed E-state index contributed by atoms with van der Waals surface area (Å²) in [5, 5.41) is 11.9. The third-order valence-electron chi connectivity index (χ3n) is 3.17. The van der Waals surface area contributed by atoms with Crippen molar-refractivity contribution in [3.8, 4) is 0 Å². The van der Waals surface area contributed by atoms with Crippen LogP contribution in [0, 0.1) is 0 Å². The van der Waals surface area contributed by atoms with Crippen molar-refractivity contribution in [2.24, 2.45) is 11.5 Å². The number of carbonyl (C=O) groups is 1. The summed E-state index contributed by atoms with van der Waals surface area (Å²) in [6.07, 6.45) is 9.28. The summed E-state index contributed by atoms with van der Waals surface area (Å²) < 4.78 is 0. The van der Waals surface area contributed by atoms with Crippen molar-refractivity contribution in [1.82, 2.24) is 5.32 Å². The fourth-order valence-corrected chi connectivity index (χ4v) is 2.04. The topological polar surface area (TPSA) is 101 Å². The zero-order chi connectivity index (χ0) is 14.3. The number of carboxylic acid groups (broad SMARTS) is 1. The van der Waals surface area contributed by atoms with Crippen LogP contribution in [0.15, 0.2) is 0 Å². The van der Waals surface area contributed by atoms with Crippen molar-refractivity contribution in [3.05, 3.63) is 0 Å². The molecule has 0 bridgehead atoms. The van der Waals surface area contributed by atoms with Gasteiger partial charge in [-0.3, -0.25) is 4.79 Å². The zero-order valence-electron chi connectivity index (χ0n) is 12.1. The Morgan fingerprint density at radius 3 is 2.21 bits per heavy atom. The van der Waals surface area contributed by atoms with E-state index < -0.39 is 5.97 Å². The molecule has 0 aromatic heterocycles. The molecular formula is C14H31N3O2. The van der Waals surface area contributed by atoms with Crippen LogP contribution in [0.1, 0.15) is 57.8 Å². The molecule has 0 heterocycles. The number of hydrogen-bond acceptors (Lipinski definition) is 4. The summed E-state index contributed by atoms with van der Waals surface area (Å²) >= 11 is 0. The molecule has 1 atom stereocenters. The Morgan fingerprint density at radius 1 is 1.00 bits per heavy atom. The summed E-state index contributed by atoms with van der Waals surface area (Å²) in [6, 6.07) is -0.207. The van der Waals surface area contributed by atoms with Gasteiger partial charge in [-0.05, 0) is 45.3 Å². The number of aliphatic carboxylic acids is 1. The number of nitrogens with one attached hydrogen (secondary N) is 1. The molecule has 0 aliphatic heterocycles. The summed E-state index contributed by atoms with van der Waals surface area (Å²) in [5.74, 6) is -0.810. The molecule has 0 radical (unpaired) electrons. The monoisotopic (exact) mass is 273 g/mol. The van der Waals surface area contributed by atoms with Crippen LogP contribution < -0.4 is 16.8 Å². The van der Waals surface area contributed by atoms with Crippen LogP contribution in [0.2, 0.25) is 0 Å². The largest absolute Gasteiger partial charge is 0.481 e. The minimum atomic E-state index is -0.810. The molecule has 0 aliphatic carbocycles. The Kier molecular flexibility index (Phi) is 13.3. The quantitative estimate of drug-likeness (QED) is 0.359. The molecule has 0 saturated heterocycles. The van der Waals surface area contributed by atoms with Crippen LogP contribution in [-0.2, 0) is 4.79 Å². The maximum absolute atomic E-state index is 10.4. The highest BCUT2D eigenvalue weighted by molar-refractivity contribution is 5.67. The second-order valence-corrected chi connectivity index (χ2v) is 5.16. The Bertz CT molecular complexity index is 213. The van der Waals surface area contributed by atoms with E-state index >= 15 is 0 Å². The second-order valence-electron chi connectivity index (χ2n) is 5.16. The van der Waals surface area contributed by atoms with Crippen molar-refractivity contribution in [2.75, 3.05) is 19.6 Å². The van der Waals surface area contributed by atoms with Gasteiger partial charge in [0.25, 0.3) is 0 Å². The zero-order valence-corrected chi connectivity index (χ0v) is 12.1. The smallest absolute Gasteiger partial charge is 0.304 e. The third-order valence-corrected chi connectivity index (χ3v) is 3.17. The lowest BCUT2D eigenvalue weighted by molar-refractivity contribution is -0.137. The van der Waals surface area contributed by atoms with Crippen molar-refractivity contribution >= 4 is 5.97 Å². The summed E-state index contributed by atoms with van der Waals surface area (Å²) in [6.45, 7) is 2.79. The predicted molar refractivity (Wildman–Crippen MR) is 79.1 cm³/mol. The molecule has 6 N–H and O–H groups in total. The Labute approximate surface area is 117 Å². The third kappa shape index (κ3) is 15.3. The van der Waals surface area contributed by atoms with Gasteiger partial charge in [0.1, 0.15) is 0 Å². The van der Waals surface area contributed by atoms with Crippen molar-refractivity contribution in [1.29, 1.82) is 0 Å². The van der Waals surface area contributed by atoms with Crippen molar-refractivity contribution < 1.29 is 9.90 Å². The molecule has 0 aromatic rings. The van der Waals surface area contributed by atoms with Crippen LogP contribution in [0.4, 0.5) is 0 Å². The van der Waals surface area contributed by atoms with E-state index in [-0.39, 0.29) is 12.5 Å². The number of hydrogen-bond donors (Lipinski definition) is 4. The maximum Gasteiger partial charge on any atom is 0.304 e. The van der Waals surface area contributed by atoms with E-state index in [9.17, 15) is 4.79 Å².